The van der Waals surface area contributed by atoms with Crippen LogP contribution in [-0.4, -0.2) is 43.2 Å². The molecule has 112 valence electrons. The van der Waals surface area contributed by atoms with Crippen molar-refractivity contribution in [2.45, 2.75) is 26.4 Å². The zero-order chi connectivity index (χ0) is 15.0. The minimum atomic E-state index is -0.318. The summed E-state index contributed by atoms with van der Waals surface area (Å²) < 4.78 is 5.59. The molecule has 1 saturated heterocycles. The summed E-state index contributed by atoms with van der Waals surface area (Å²) in [4.78, 5) is 16.1. The molecule has 5 nitrogen and oxygen atoms in total. The van der Waals surface area contributed by atoms with Crippen molar-refractivity contribution in [3.05, 3.63) is 22.9 Å². The lowest BCUT2D eigenvalue weighted by Gasteiger charge is -2.29. The lowest BCUT2D eigenvalue weighted by Crippen LogP contribution is -2.43. The number of carbonyl (C=O) groups excluding carboxylic acids is 1. The summed E-state index contributed by atoms with van der Waals surface area (Å²) in [6.07, 6.45) is 3.72. The zero-order valence-electron chi connectivity index (χ0n) is 12.2. The highest BCUT2D eigenvalue weighted by Gasteiger charge is 2.10. The first-order valence-electron chi connectivity index (χ1n) is 6.60. The molecule has 0 aliphatic carbocycles. The standard InChI is InChI=1S/C9H12BrN3.C5H10O2/c10-8-5-9(7-12-6-8)13-3-1-11-2-4-13;1-5(2,3)7-4-6/h5-7,11H,1-4H2;4H,1-3H3. The maximum absolute atomic E-state index is 9.60. The third-order valence-corrected chi connectivity index (χ3v) is 3.01. The van der Waals surface area contributed by atoms with E-state index in [1.54, 1.807) is 0 Å². The van der Waals surface area contributed by atoms with Gasteiger partial charge in [-0.25, -0.2) is 0 Å². The average molecular weight is 344 g/mol. The van der Waals surface area contributed by atoms with E-state index in [0.717, 1.165) is 30.7 Å². The summed E-state index contributed by atoms with van der Waals surface area (Å²) in [5, 5.41) is 3.33. The van der Waals surface area contributed by atoms with Crippen LogP contribution in [0.5, 0.6) is 0 Å². The van der Waals surface area contributed by atoms with Crippen molar-refractivity contribution in [2.75, 3.05) is 31.1 Å². The highest BCUT2D eigenvalue weighted by atomic mass is 79.9. The molecule has 1 aromatic rings. The molecule has 0 spiro atoms. The number of aromatic nitrogens is 1. The molecular formula is C14H22BrN3O2. The van der Waals surface area contributed by atoms with Gasteiger partial charge in [-0.3, -0.25) is 9.78 Å². The van der Waals surface area contributed by atoms with E-state index < -0.39 is 0 Å². The largest absolute Gasteiger partial charge is 0.462 e. The van der Waals surface area contributed by atoms with Crippen LogP contribution in [0, 0.1) is 0 Å². The third-order valence-electron chi connectivity index (χ3n) is 2.57. The minimum Gasteiger partial charge on any atom is -0.462 e. The van der Waals surface area contributed by atoms with E-state index in [0.29, 0.717) is 6.47 Å². The van der Waals surface area contributed by atoms with Gasteiger partial charge in [0.05, 0.1) is 11.9 Å². The lowest BCUT2D eigenvalue weighted by molar-refractivity contribution is -0.138. The highest BCUT2D eigenvalue weighted by Crippen LogP contribution is 2.18. The number of carbonyl (C=O) groups is 1. The number of hydrogen-bond donors (Lipinski definition) is 1. The third kappa shape index (κ3) is 6.86. The molecule has 0 saturated carbocycles. The fourth-order valence-electron chi connectivity index (χ4n) is 1.64. The number of pyridine rings is 1. The monoisotopic (exact) mass is 343 g/mol. The topological polar surface area (TPSA) is 54.5 Å². The molecule has 0 radical (unpaired) electrons. The SMILES string of the molecule is Brc1cncc(N2CCNCC2)c1.CC(C)(C)OC=O. The van der Waals surface area contributed by atoms with Crippen LogP contribution in [0.2, 0.25) is 0 Å². The Balaban J connectivity index is 0.000000246. The van der Waals surface area contributed by atoms with E-state index in [-0.39, 0.29) is 5.60 Å². The summed E-state index contributed by atoms with van der Waals surface area (Å²) >= 11 is 3.42. The van der Waals surface area contributed by atoms with Crippen molar-refractivity contribution >= 4 is 28.1 Å². The van der Waals surface area contributed by atoms with Crippen LogP contribution in [-0.2, 0) is 9.53 Å². The minimum absolute atomic E-state index is 0.318. The number of anilines is 1. The first-order valence-corrected chi connectivity index (χ1v) is 7.39. The summed E-state index contributed by atoms with van der Waals surface area (Å²) in [5.41, 5.74) is 0.887. The van der Waals surface area contributed by atoms with Gasteiger partial charge < -0.3 is 15.0 Å². The maximum atomic E-state index is 9.60. The molecule has 0 aromatic carbocycles. The normalized spacial score (nSPS) is 15.1. The van der Waals surface area contributed by atoms with Gasteiger partial charge in [0.25, 0.3) is 6.47 Å². The summed E-state index contributed by atoms with van der Waals surface area (Å²) in [6.45, 7) is 10.2. The van der Waals surface area contributed by atoms with Crippen molar-refractivity contribution in [1.29, 1.82) is 0 Å². The Bertz CT molecular complexity index is 415. The van der Waals surface area contributed by atoms with Gasteiger partial charge in [0.2, 0.25) is 0 Å². The van der Waals surface area contributed by atoms with E-state index in [9.17, 15) is 4.79 Å². The van der Waals surface area contributed by atoms with Gasteiger partial charge in [-0.15, -0.1) is 0 Å². The van der Waals surface area contributed by atoms with Gasteiger partial charge in [-0.2, -0.15) is 0 Å². The average Bonchev–Trinajstić information content (AvgIpc) is 2.39. The molecule has 1 aliphatic rings. The fourth-order valence-corrected chi connectivity index (χ4v) is 1.99. The van der Waals surface area contributed by atoms with Crippen molar-refractivity contribution in [3.63, 3.8) is 0 Å². The second kappa shape index (κ2) is 8.21. The number of halogens is 1. The molecule has 1 aliphatic heterocycles. The highest BCUT2D eigenvalue weighted by molar-refractivity contribution is 9.10. The Morgan fingerprint density at radius 3 is 2.45 bits per heavy atom. The number of rotatable bonds is 2. The number of ether oxygens (including phenoxy) is 1. The van der Waals surface area contributed by atoms with E-state index in [2.05, 4.69) is 41.9 Å². The van der Waals surface area contributed by atoms with Crippen LogP contribution in [0.25, 0.3) is 0 Å². The van der Waals surface area contributed by atoms with Crippen LogP contribution in [0.3, 0.4) is 0 Å². The molecule has 0 unspecified atom stereocenters. The van der Waals surface area contributed by atoms with Gasteiger partial charge in [-0.1, -0.05) is 0 Å². The molecule has 1 fully saturated rings. The van der Waals surface area contributed by atoms with Gasteiger partial charge in [0, 0.05) is 36.8 Å². The number of piperazine rings is 1. The molecule has 0 bridgehead atoms. The molecule has 0 atom stereocenters. The number of nitrogens with one attached hydrogen (secondary N) is 1. The molecule has 2 heterocycles. The van der Waals surface area contributed by atoms with Crippen LogP contribution < -0.4 is 10.2 Å². The molecule has 2 rings (SSSR count). The summed E-state index contributed by atoms with van der Waals surface area (Å²) in [6, 6.07) is 2.11. The predicted octanol–water partition coefficient (Wildman–Crippen LogP) is 2.21. The zero-order valence-corrected chi connectivity index (χ0v) is 13.8. The molecule has 1 aromatic heterocycles. The lowest BCUT2D eigenvalue weighted by atomic mass is 10.2. The molecule has 6 heteroatoms. The quantitative estimate of drug-likeness (QED) is 0.834. The number of hydrogen-bond acceptors (Lipinski definition) is 5. The van der Waals surface area contributed by atoms with Gasteiger partial charge in [-0.05, 0) is 42.8 Å². The molecular weight excluding hydrogens is 322 g/mol. The first-order chi connectivity index (χ1) is 9.42. The Morgan fingerprint density at radius 2 is 2.00 bits per heavy atom. The Kier molecular flexibility index (Phi) is 6.95. The van der Waals surface area contributed by atoms with Gasteiger partial charge in [0.15, 0.2) is 0 Å². The maximum Gasteiger partial charge on any atom is 0.293 e. The fraction of sp³-hybridized carbons (Fsp3) is 0.571. The molecule has 0 amide bonds. The Labute approximate surface area is 128 Å². The summed E-state index contributed by atoms with van der Waals surface area (Å²) in [7, 11) is 0. The van der Waals surface area contributed by atoms with Gasteiger partial charge >= 0.3 is 0 Å². The first kappa shape index (κ1) is 16.9. The Morgan fingerprint density at radius 1 is 1.35 bits per heavy atom. The van der Waals surface area contributed by atoms with E-state index in [1.807, 2.05) is 33.2 Å². The van der Waals surface area contributed by atoms with Crippen molar-refractivity contribution in [1.82, 2.24) is 10.3 Å². The van der Waals surface area contributed by atoms with E-state index in [4.69, 9.17) is 0 Å². The predicted molar refractivity (Wildman–Crippen MR) is 83.9 cm³/mol. The van der Waals surface area contributed by atoms with E-state index >= 15 is 0 Å². The van der Waals surface area contributed by atoms with Crippen LogP contribution in [0.1, 0.15) is 20.8 Å². The van der Waals surface area contributed by atoms with E-state index in [1.165, 1.54) is 5.69 Å². The smallest absolute Gasteiger partial charge is 0.293 e. The van der Waals surface area contributed by atoms with Crippen LogP contribution in [0.15, 0.2) is 22.9 Å². The van der Waals surface area contributed by atoms with Crippen molar-refractivity contribution in [2.24, 2.45) is 0 Å². The molecule has 20 heavy (non-hydrogen) atoms. The Hall–Kier alpha value is -1.14. The molecule has 1 N–H and O–H groups in total. The summed E-state index contributed by atoms with van der Waals surface area (Å²) in [5.74, 6) is 0. The second-order valence-electron chi connectivity index (χ2n) is 5.42. The van der Waals surface area contributed by atoms with Crippen LogP contribution >= 0.6 is 15.9 Å². The second-order valence-corrected chi connectivity index (χ2v) is 6.34. The van der Waals surface area contributed by atoms with Crippen LogP contribution in [0.4, 0.5) is 5.69 Å². The van der Waals surface area contributed by atoms with Gasteiger partial charge in [0.1, 0.15) is 5.60 Å². The van der Waals surface area contributed by atoms with Crippen molar-refractivity contribution in [3.8, 4) is 0 Å². The van der Waals surface area contributed by atoms with Crippen molar-refractivity contribution < 1.29 is 9.53 Å². The number of nitrogens with zero attached hydrogens (tertiary/aromatic N) is 2.